The standard InChI is InChI=1S/C20H20F2N4O3S/c1-27-13-7-14(28-2)17(22)15(16(13)21)12-6-10-8-23-20(30-3)26-18(10)19(25-12)24-11-4-5-29-9-11/h6-8,11H,4-5,9H2,1-3H3,(H,24,25). The van der Waals surface area contributed by atoms with Crippen molar-refractivity contribution < 1.29 is 23.0 Å². The molecule has 0 saturated carbocycles. The molecule has 1 N–H and O–H groups in total. The first-order valence-corrected chi connectivity index (χ1v) is 10.4. The number of fused-ring (bicyclic) bond motifs is 1. The third-order valence-corrected chi connectivity index (χ3v) is 5.39. The van der Waals surface area contributed by atoms with Crippen molar-refractivity contribution in [1.82, 2.24) is 15.0 Å². The average molecular weight is 434 g/mol. The molecular formula is C20H20F2N4O3S. The minimum absolute atomic E-state index is 0.0261. The SMILES string of the molecule is COc1cc(OC)c(F)c(-c2cc3cnc(SC)nc3c(NC3CCOC3)n2)c1F. The molecule has 3 aromatic rings. The fraction of sp³-hybridized carbons (Fsp3) is 0.350. The number of nitrogens with one attached hydrogen (secondary N) is 1. The van der Waals surface area contributed by atoms with E-state index in [9.17, 15) is 0 Å². The van der Waals surface area contributed by atoms with Gasteiger partial charge in [-0.15, -0.1) is 0 Å². The van der Waals surface area contributed by atoms with Gasteiger partial charge in [0.15, 0.2) is 34.1 Å². The van der Waals surface area contributed by atoms with E-state index in [0.29, 0.717) is 35.1 Å². The number of thioether (sulfide) groups is 1. The van der Waals surface area contributed by atoms with E-state index in [1.165, 1.54) is 26.0 Å². The number of hydrogen-bond donors (Lipinski definition) is 1. The van der Waals surface area contributed by atoms with E-state index in [1.807, 2.05) is 6.26 Å². The van der Waals surface area contributed by atoms with Crippen molar-refractivity contribution in [2.45, 2.75) is 17.6 Å². The summed E-state index contributed by atoms with van der Waals surface area (Å²) in [7, 11) is 2.61. The zero-order chi connectivity index (χ0) is 21.3. The summed E-state index contributed by atoms with van der Waals surface area (Å²) in [6.45, 7) is 1.15. The number of nitrogens with zero attached hydrogens (tertiary/aromatic N) is 3. The predicted molar refractivity (Wildman–Crippen MR) is 110 cm³/mol. The van der Waals surface area contributed by atoms with E-state index in [4.69, 9.17) is 14.2 Å². The maximum absolute atomic E-state index is 15.1. The first-order chi connectivity index (χ1) is 14.5. The second-order valence-corrected chi connectivity index (χ2v) is 7.41. The van der Waals surface area contributed by atoms with Crippen LogP contribution in [0.3, 0.4) is 0 Å². The first kappa shape index (κ1) is 20.5. The Morgan fingerprint density at radius 1 is 1.13 bits per heavy atom. The molecule has 30 heavy (non-hydrogen) atoms. The lowest BCUT2D eigenvalue weighted by atomic mass is 10.1. The number of aromatic nitrogens is 3. The van der Waals surface area contributed by atoms with Crippen LogP contribution in [-0.2, 0) is 4.74 Å². The van der Waals surface area contributed by atoms with Crippen LogP contribution in [0.25, 0.3) is 22.2 Å². The summed E-state index contributed by atoms with van der Waals surface area (Å²) in [5.41, 5.74) is 0.310. The predicted octanol–water partition coefficient (Wildman–Crippen LogP) is 3.91. The van der Waals surface area contributed by atoms with E-state index in [2.05, 4.69) is 20.3 Å². The topological polar surface area (TPSA) is 78.4 Å². The molecular weight excluding hydrogens is 414 g/mol. The molecule has 0 radical (unpaired) electrons. The number of ether oxygens (including phenoxy) is 3. The molecule has 1 fully saturated rings. The van der Waals surface area contributed by atoms with Gasteiger partial charge >= 0.3 is 0 Å². The van der Waals surface area contributed by atoms with Gasteiger partial charge in [-0.3, -0.25) is 0 Å². The van der Waals surface area contributed by atoms with Crippen molar-refractivity contribution in [3.8, 4) is 22.8 Å². The van der Waals surface area contributed by atoms with E-state index in [1.54, 1.807) is 12.3 Å². The first-order valence-electron chi connectivity index (χ1n) is 9.22. The number of benzene rings is 1. The van der Waals surface area contributed by atoms with Gasteiger partial charge in [0, 0.05) is 24.3 Å². The van der Waals surface area contributed by atoms with Crippen molar-refractivity contribution in [3.63, 3.8) is 0 Å². The van der Waals surface area contributed by atoms with Gasteiger partial charge < -0.3 is 19.5 Å². The lowest BCUT2D eigenvalue weighted by Gasteiger charge is -2.16. The van der Waals surface area contributed by atoms with Gasteiger partial charge in [0.25, 0.3) is 0 Å². The molecule has 0 amide bonds. The van der Waals surface area contributed by atoms with Crippen LogP contribution in [0, 0.1) is 11.6 Å². The third kappa shape index (κ3) is 3.72. The van der Waals surface area contributed by atoms with E-state index >= 15 is 8.78 Å². The quantitative estimate of drug-likeness (QED) is 0.462. The smallest absolute Gasteiger partial charge is 0.187 e. The van der Waals surface area contributed by atoms with Crippen molar-refractivity contribution in [1.29, 1.82) is 0 Å². The second kappa shape index (κ2) is 8.57. The van der Waals surface area contributed by atoms with E-state index in [-0.39, 0.29) is 28.8 Å². The zero-order valence-electron chi connectivity index (χ0n) is 16.7. The van der Waals surface area contributed by atoms with Gasteiger partial charge in [0.2, 0.25) is 0 Å². The van der Waals surface area contributed by atoms with Gasteiger partial charge in [-0.1, -0.05) is 11.8 Å². The number of halogens is 2. The summed E-state index contributed by atoms with van der Waals surface area (Å²) < 4.78 is 45.6. The lowest BCUT2D eigenvalue weighted by Crippen LogP contribution is -2.20. The van der Waals surface area contributed by atoms with Crippen LogP contribution >= 0.6 is 11.8 Å². The highest BCUT2D eigenvalue weighted by molar-refractivity contribution is 7.98. The number of rotatable bonds is 6. The Morgan fingerprint density at radius 2 is 1.87 bits per heavy atom. The number of pyridine rings is 1. The average Bonchev–Trinajstić information content (AvgIpc) is 3.27. The molecule has 1 aliphatic rings. The monoisotopic (exact) mass is 434 g/mol. The summed E-state index contributed by atoms with van der Waals surface area (Å²) in [6, 6.07) is 2.74. The summed E-state index contributed by atoms with van der Waals surface area (Å²) in [4.78, 5) is 13.3. The highest BCUT2D eigenvalue weighted by Gasteiger charge is 2.25. The molecule has 1 aliphatic heterocycles. The highest BCUT2D eigenvalue weighted by atomic mass is 32.2. The van der Waals surface area contributed by atoms with Crippen LogP contribution in [0.4, 0.5) is 14.6 Å². The Morgan fingerprint density at radius 3 is 2.47 bits per heavy atom. The van der Waals surface area contributed by atoms with Crippen molar-refractivity contribution in [3.05, 3.63) is 30.0 Å². The van der Waals surface area contributed by atoms with Crippen LogP contribution in [0.1, 0.15) is 6.42 Å². The van der Waals surface area contributed by atoms with E-state index < -0.39 is 11.6 Å². The molecule has 4 rings (SSSR count). The van der Waals surface area contributed by atoms with Gasteiger partial charge in [0.05, 0.1) is 38.1 Å². The molecule has 1 atom stereocenters. The van der Waals surface area contributed by atoms with Gasteiger partial charge in [-0.05, 0) is 18.7 Å². The molecule has 2 aromatic heterocycles. The minimum atomic E-state index is -0.862. The van der Waals surface area contributed by atoms with E-state index in [0.717, 1.165) is 12.5 Å². The van der Waals surface area contributed by atoms with Crippen LogP contribution in [0.15, 0.2) is 23.5 Å². The molecule has 3 heterocycles. The van der Waals surface area contributed by atoms with Crippen molar-refractivity contribution in [2.75, 3.05) is 39.0 Å². The number of hydrogen-bond acceptors (Lipinski definition) is 8. The number of methoxy groups -OCH3 is 2. The molecule has 10 heteroatoms. The molecule has 0 aliphatic carbocycles. The van der Waals surface area contributed by atoms with Gasteiger partial charge in [-0.25, -0.2) is 23.7 Å². The summed E-state index contributed by atoms with van der Waals surface area (Å²) in [5.74, 6) is -1.59. The van der Waals surface area contributed by atoms with Gasteiger partial charge in [0.1, 0.15) is 5.52 Å². The van der Waals surface area contributed by atoms with Crippen LogP contribution in [-0.4, -0.2) is 54.7 Å². The van der Waals surface area contributed by atoms with Crippen molar-refractivity contribution in [2.24, 2.45) is 0 Å². The largest absolute Gasteiger partial charge is 0.494 e. The summed E-state index contributed by atoms with van der Waals surface area (Å²) >= 11 is 1.39. The normalized spacial score (nSPS) is 16.1. The van der Waals surface area contributed by atoms with Crippen LogP contribution in [0.2, 0.25) is 0 Å². The molecule has 0 spiro atoms. The summed E-state index contributed by atoms with van der Waals surface area (Å²) in [5, 5.41) is 4.47. The second-order valence-electron chi connectivity index (χ2n) is 6.64. The summed E-state index contributed by atoms with van der Waals surface area (Å²) in [6.07, 6.45) is 4.28. The minimum Gasteiger partial charge on any atom is -0.494 e. The van der Waals surface area contributed by atoms with Crippen molar-refractivity contribution >= 4 is 28.5 Å². The van der Waals surface area contributed by atoms with Gasteiger partial charge in [-0.2, -0.15) is 0 Å². The maximum atomic E-state index is 15.1. The highest BCUT2D eigenvalue weighted by Crippen LogP contribution is 2.38. The Hall–Kier alpha value is -2.72. The Balaban J connectivity index is 1.94. The Labute approximate surface area is 176 Å². The lowest BCUT2D eigenvalue weighted by molar-refractivity contribution is 0.195. The molecule has 158 valence electrons. The molecule has 0 bridgehead atoms. The van der Waals surface area contributed by atoms with Crippen LogP contribution < -0.4 is 14.8 Å². The fourth-order valence-corrected chi connectivity index (χ4v) is 3.64. The third-order valence-electron chi connectivity index (χ3n) is 4.83. The van der Waals surface area contributed by atoms with Crippen LogP contribution in [0.5, 0.6) is 11.5 Å². The molecule has 1 unspecified atom stereocenters. The Kier molecular flexibility index (Phi) is 5.87. The molecule has 1 saturated heterocycles. The molecule has 1 aromatic carbocycles. The Bertz CT molecular complexity index is 1070. The molecule has 7 nitrogen and oxygen atoms in total. The fourth-order valence-electron chi connectivity index (χ4n) is 3.30. The number of anilines is 1. The maximum Gasteiger partial charge on any atom is 0.187 e. The zero-order valence-corrected chi connectivity index (χ0v) is 17.5.